The van der Waals surface area contributed by atoms with Gasteiger partial charge in [-0.25, -0.2) is 22.0 Å². The zero-order valence-electron chi connectivity index (χ0n) is 10.9. The molecule has 0 saturated heterocycles. The number of benzene rings is 2. The molecule has 0 atom stereocenters. The van der Waals surface area contributed by atoms with Crippen molar-refractivity contribution in [2.24, 2.45) is 5.14 Å². The predicted octanol–water partition coefficient (Wildman–Crippen LogP) is 1.28. The van der Waals surface area contributed by atoms with Crippen LogP contribution in [0.25, 0.3) is 0 Å². The van der Waals surface area contributed by atoms with Crippen LogP contribution in [0.2, 0.25) is 0 Å². The van der Waals surface area contributed by atoms with Gasteiger partial charge in [-0.05, 0) is 17.7 Å². The Labute approximate surface area is 123 Å². The number of primary sulfonamides is 1. The number of nitrogens with two attached hydrogens (primary N) is 1. The molecule has 0 aliphatic heterocycles. The van der Waals surface area contributed by atoms with Gasteiger partial charge in [0.05, 0.1) is 11.4 Å². The smallest absolute Gasteiger partial charge is 0.240 e. The normalized spacial score (nSPS) is 12.0. The van der Waals surface area contributed by atoms with Crippen LogP contribution in [0.3, 0.4) is 0 Å². The largest absolute Gasteiger partial charge is 0.282 e. The van der Waals surface area contributed by atoms with Crippen LogP contribution in [-0.2, 0) is 25.8 Å². The molecule has 0 aromatic heterocycles. The van der Waals surface area contributed by atoms with Crippen molar-refractivity contribution in [2.45, 2.75) is 10.6 Å². The molecule has 6 nitrogen and oxygen atoms in total. The van der Waals surface area contributed by atoms with E-state index in [1.807, 2.05) is 0 Å². The van der Waals surface area contributed by atoms with Crippen LogP contribution < -0.4 is 9.86 Å². The van der Waals surface area contributed by atoms with E-state index in [1.165, 1.54) is 24.3 Å². The minimum absolute atomic E-state index is 0.0593. The van der Waals surface area contributed by atoms with Gasteiger partial charge in [-0.3, -0.25) is 4.72 Å². The fraction of sp³-hybridized carbons (Fsp3) is 0.0769. The minimum atomic E-state index is -4.01. The van der Waals surface area contributed by atoms with Crippen molar-refractivity contribution in [3.63, 3.8) is 0 Å². The van der Waals surface area contributed by atoms with Gasteiger partial charge in [0.2, 0.25) is 20.0 Å². The summed E-state index contributed by atoms with van der Waals surface area (Å²) in [7, 11) is -7.75. The average Bonchev–Trinajstić information content (AvgIpc) is 2.38. The van der Waals surface area contributed by atoms with Crippen LogP contribution in [0.15, 0.2) is 59.5 Å². The summed E-state index contributed by atoms with van der Waals surface area (Å²) in [6.07, 6.45) is 0. The number of hydrogen-bond acceptors (Lipinski definition) is 4. The molecular formula is C13H14N2O4S2. The second-order valence-corrected chi connectivity index (χ2v) is 7.64. The Bertz CT molecular complexity index is 831. The molecule has 2 aromatic carbocycles. The lowest BCUT2D eigenvalue weighted by Gasteiger charge is -2.11. The molecule has 0 saturated carbocycles. The Morgan fingerprint density at radius 2 is 1.43 bits per heavy atom. The SMILES string of the molecule is NS(=O)(=O)c1ccccc1NS(=O)(=O)Cc1ccccc1. The third kappa shape index (κ3) is 4.28. The zero-order valence-corrected chi connectivity index (χ0v) is 12.6. The molecule has 0 aliphatic carbocycles. The molecule has 2 rings (SSSR count). The molecular weight excluding hydrogens is 312 g/mol. The Morgan fingerprint density at radius 3 is 2.05 bits per heavy atom. The highest BCUT2D eigenvalue weighted by Gasteiger charge is 2.18. The highest BCUT2D eigenvalue weighted by molar-refractivity contribution is 7.92. The molecule has 0 unspecified atom stereocenters. The molecule has 0 heterocycles. The van der Waals surface area contributed by atoms with Crippen molar-refractivity contribution in [1.82, 2.24) is 0 Å². The lowest BCUT2D eigenvalue weighted by molar-refractivity contribution is 0.598. The van der Waals surface area contributed by atoms with Gasteiger partial charge >= 0.3 is 0 Å². The second kappa shape index (κ2) is 5.84. The number of anilines is 1. The third-order valence-corrected chi connectivity index (χ3v) is 4.87. The predicted molar refractivity (Wildman–Crippen MR) is 80.5 cm³/mol. The molecule has 3 N–H and O–H groups in total. The van der Waals surface area contributed by atoms with Crippen molar-refractivity contribution in [3.8, 4) is 0 Å². The van der Waals surface area contributed by atoms with E-state index in [0.29, 0.717) is 5.56 Å². The van der Waals surface area contributed by atoms with Gasteiger partial charge in [0.1, 0.15) is 4.90 Å². The molecule has 0 spiro atoms. The molecule has 112 valence electrons. The summed E-state index contributed by atoms with van der Waals surface area (Å²) < 4.78 is 49.3. The summed E-state index contributed by atoms with van der Waals surface area (Å²) in [5, 5.41) is 5.07. The Morgan fingerprint density at radius 1 is 0.857 bits per heavy atom. The lowest BCUT2D eigenvalue weighted by Crippen LogP contribution is -2.19. The molecule has 21 heavy (non-hydrogen) atoms. The molecule has 0 fully saturated rings. The zero-order chi connectivity index (χ0) is 15.5. The first-order chi connectivity index (χ1) is 9.78. The quantitative estimate of drug-likeness (QED) is 0.863. The summed E-state index contributed by atoms with van der Waals surface area (Å²) in [6, 6.07) is 14.2. The van der Waals surface area contributed by atoms with Crippen LogP contribution >= 0.6 is 0 Å². The number of hydrogen-bond donors (Lipinski definition) is 2. The first-order valence-corrected chi connectivity index (χ1v) is 9.14. The summed E-state index contributed by atoms with van der Waals surface area (Å²) in [4.78, 5) is -0.262. The van der Waals surface area contributed by atoms with Crippen molar-refractivity contribution < 1.29 is 16.8 Å². The van der Waals surface area contributed by atoms with Gasteiger partial charge < -0.3 is 0 Å². The Balaban J connectivity index is 2.30. The van der Waals surface area contributed by atoms with E-state index in [4.69, 9.17) is 5.14 Å². The molecule has 0 amide bonds. The number of rotatable bonds is 5. The molecule has 2 aromatic rings. The molecule has 0 radical (unpaired) electrons. The lowest BCUT2D eigenvalue weighted by atomic mass is 10.2. The summed E-state index contributed by atoms with van der Waals surface area (Å²) in [6.45, 7) is 0. The monoisotopic (exact) mass is 326 g/mol. The maximum absolute atomic E-state index is 12.1. The summed E-state index contributed by atoms with van der Waals surface area (Å²) in [5.74, 6) is -0.257. The van der Waals surface area contributed by atoms with Crippen molar-refractivity contribution in [2.75, 3.05) is 4.72 Å². The molecule has 0 aliphatic rings. The van der Waals surface area contributed by atoms with Gasteiger partial charge in [0.25, 0.3) is 0 Å². The summed E-state index contributed by atoms with van der Waals surface area (Å²) in [5.41, 5.74) is 0.536. The number of para-hydroxylation sites is 1. The molecule has 8 heteroatoms. The van der Waals surface area contributed by atoms with Gasteiger partial charge in [0.15, 0.2) is 0 Å². The van der Waals surface area contributed by atoms with E-state index in [-0.39, 0.29) is 16.3 Å². The Kier molecular flexibility index (Phi) is 4.31. The standard InChI is InChI=1S/C13H14N2O4S2/c14-21(18,19)13-9-5-4-8-12(13)15-20(16,17)10-11-6-2-1-3-7-11/h1-9,15H,10H2,(H2,14,18,19). The Hall–Kier alpha value is -1.90. The van der Waals surface area contributed by atoms with Gasteiger partial charge in [-0.2, -0.15) is 0 Å². The van der Waals surface area contributed by atoms with Crippen molar-refractivity contribution in [3.05, 3.63) is 60.2 Å². The fourth-order valence-electron chi connectivity index (χ4n) is 1.80. The maximum atomic E-state index is 12.1. The number of nitrogens with one attached hydrogen (secondary N) is 1. The first-order valence-electron chi connectivity index (χ1n) is 5.94. The number of sulfonamides is 2. The van der Waals surface area contributed by atoms with E-state index in [0.717, 1.165) is 0 Å². The van der Waals surface area contributed by atoms with E-state index < -0.39 is 20.0 Å². The van der Waals surface area contributed by atoms with Crippen LogP contribution in [0, 0.1) is 0 Å². The van der Waals surface area contributed by atoms with Crippen molar-refractivity contribution >= 4 is 25.7 Å². The van der Waals surface area contributed by atoms with Gasteiger partial charge in [-0.15, -0.1) is 0 Å². The van der Waals surface area contributed by atoms with Gasteiger partial charge in [0, 0.05) is 0 Å². The fourth-order valence-corrected chi connectivity index (χ4v) is 3.77. The van der Waals surface area contributed by atoms with Crippen LogP contribution in [0.5, 0.6) is 0 Å². The maximum Gasteiger partial charge on any atom is 0.240 e. The van der Waals surface area contributed by atoms with E-state index in [1.54, 1.807) is 30.3 Å². The van der Waals surface area contributed by atoms with E-state index >= 15 is 0 Å². The second-order valence-electron chi connectivity index (χ2n) is 4.39. The average molecular weight is 326 g/mol. The highest BCUT2D eigenvalue weighted by Crippen LogP contribution is 2.21. The summed E-state index contributed by atoms with van der Waals surface area (Å²) >= 11 is 0. The van der Waals surface area contributed by atoms with E-state index in [2.05, 4.69) is 4.72 Å². The van der Waals surface area contributed by atoms with Crippen LogP contribution in [0.1, 0.15) is 5.56 Å². The van der Waals surface area contributed by atoms with Gasteiger partial charge in [-0.1, -0.05) is 42.5 Å². The minimum Gasteiger partial charge on any atom is -0.282 e. The topological polar surface area (TPSA) is 106 Å². The third-order valence-electron chi connectivity index (χ3n) is 2.66. The highest BCUT2D eigenvalue weighted by atomic mass is 32.2. The molecule has 0 bridgehead atoms. The first kappa shape index (κ1) is 15.5. The van der Waals surface area contributed by atoms with Crippen LogP contribution in [0.4, 0.5) is 5.69 Å². The van der Waals surface area contributed by atoms with Crippen LogP contribution in [-0.4, -0.2) is 16.8 Å². The van der Waals surface area contributed by atoms with Crippen molar-refractivity contribution in [1.29, 1.82) is 0 Å². The van der Waals surface area contributed by atoms with E-state index in [9.17, 15) is 16.8 Å².